The molecule has 1 atom stereocenters. The summed E-state index contributed by atoms with van der Waals surface area (Å²) in [5, 5.41) is 11.3. The number of piperidine rings is 1. The molecular formula is C15H21N3. The van der Waals surface area contributed by atoms with Gasteiger partial charge in [-0.3, -0.25) is 5.41 Å². The van der Waals surface area contributed by atoms with E-state index in [1.54, 1.807) is 6.08 Å². The van der Waals surface area contributed by atoms with E-state index in [2.05, 4.69) is 41.1 Å². The summed E-state index contributed by atoms with van der Waals surface area (Å²) in [6.07, 6.45) is 5.26. The first-order valence-corrected chi connectivity index (χ1v) is 6.58. The van der Waals surface area contributed by atoms with E-state index < -0.39 is 0 Å². The van der Waals surface area contributed by atoms with Gasteiger partial charge >= 0.3 is 0 Å². The van der Waals surface area contributed by atoms with E-state index in [1.165, 1.54) is 18.5 Å². The van der Waals surface area contributed by atoms with Crippen molar-refractivity contribution in [2.24, 2.45) is 0 Å². The first kappa shape index (κ1) is 12.7. The molecule has 3 heteroatoms. The van der Waals surface area contributed by atoms with Gasteiger partial charge in [-0.15, -0.1) is 6.58 Å². The molecule has 2 N–H and O–H groups in total. The summed E-state index contributed by atoms with van der Waals surface area (Å²) in [6, 6.07) is 10.6. The minimum absolute atomic E-state index is 0.182. The minimum atomic E-state index is 0.182. The number of anilines is 1. The molecule has 0 aromatic heterocycles. The van der Waals surface area contributed by atoms with Crippen LogP contribution in [0.2, 0.25) is 0 Å². The molecule has 1 saturated heterocycles. The van der Waals surface area contributed by atoms with Gasteiger partial charge < -0.3 is 10.2 Å². The van der Waals surface area contributed by atoms with Gasteiger partial charge in [0, 0.05) is 18.8 Å². The fraction of sp³-hybridized carbons (Fsp3) is 0.400. The van der Waals surface area contributed by atoms with E-state index in [1.807, 2.05) is 6.07 Å². The molecule has 1 aliphatic heterocycles. The van der Waals surface area contributed by atoms with Gasteiger partial charge in [0.15, 0.2) is 0 Å². The van der Waals surface area contributed by atoms with Crippen molar-refractivity contribution in [3.05, 3.63) is 43.0 Å². The maximum absolute atomic E-state index is 8.17. The van der Waals surface area contributed by atoms with Crippen LogP contribution in [0, 0.1) is 5.41 Å². The van der Waals surface area contributed by atoms with E-state index in [9.17, 15) is 0 Å². The quantitative estimate of drug-likeness (QED) is 0.485. The minimum Gasteiger partial charge on any atom is -0.369 e. The molecule has 2 rings (SSSR count). The Kier molecular flexibility index (Phi) is 4.40. The number of hydrogen-bond acceptors (Lipinski definition) is 2. The van der Waals surface area contributed by atoms with Crippen molar-refractivity contribution in [3.8, 4) is 0 Å². The van der Waals surface area contributed by atoms with Gasteiger partial charge in [-0.25, -0.2) is 0 Å². The van der Waals surface area contributed by atoms with E-state index >= 15 is 0 Å². The van der Waals surface area contributed by atoms with Gasteiger partial charge in [-0.1, -0.05) is 24.3 Å². The smallest absolute Gasteiger partial charge is 0.117 e. The lowest BCUT2D eigenvalue weighted by atomic mass is 10.00. The number of hydrogen-bond donors (Lipinski definition) is 2. The largest absolute Gasteiger partial charge is 0.369 e. The second kappa shape index (κ2) is 6.24. The van der Waals surface area contributed by atoms with Crippen LogP contribution in [-0.4, -0.2) is 25.0 Å². The van der Waals surface area contributed by atoms with E-state index in [0.29, 0.717) is 12.4 Å². The third-order valence-corrected chi connectivity index (χ3v) is 3.36. The molecule has 0 aliphatic carbocycles. The first-order valence-electron chi connectivity index (χ1n) is 6.58. The Morgan fingerprint density at radius 2 is 2.17 bits per heavy atom. The van der Waals surface area contributed by atoms with Gasteiger partial charge in [0.2, 0.25) is 0 Å². The highest BCUT2D eigenvalue weighted by Gasteiger charge is 2.25. The Hall–Kier alpha value is -1.77. The lowest BCUT2D eigenvalue weighted by Gasteiger charge is -2.37. The Morgan fingerprint density at radius 1 is 1.39 bits per heavy atom. The van der Waals surface area contributed by atoms with Crippen LogP contribution >= 0.6 is 0 Å². The topological polar surface area (TPSA) is 39.1 Å². The van der Waals surface area contributed by atoms with Crippen molar-refractivity contribution in [1.82, 2.24) is 5.32 Å². The zero-order chi connectivity index (χ0) is 12.8. The second-order valence-electron chi connectivity index (χ2n) is 4.62. The van der Waals surface area contributed by atoms with Crippen LogP contribution in [-0.2, 0) is 0 Å². The van der Waals surface area contributed by atoms with Crippen LogP contribution in [0.5, 0.6) is 0 Å². The normalized spacial score (nSPS) is 19.3. The molecule has 0 saturated carbocycles. The number of nitrogens with one attached hydrogen (secondary N) is 2. The lowest BCUT2D eigenvalue weighted by Crippen LogP contribution is -2.49. The summed E-state index contributed by atoms with van der Waals surface area (Å²) < 4.78 is 0. The van der Waals surface area contributed by atoms with Crippen LogP contribution in [0.4, 0.5) is 5.69 Å². The molecule has 96 valence electrons. The molecule has 0 amide bonds. The van der Waals surface area contributed by atoms with Gasteiger partial charge in [0.05, 0.1) is 6.04 Å². The third-order valence-electron chi connectivity index (χ3n) is 3.36. The number of benzene rings is 1. The summed E-state index contributed by atoms with van der Waals surface area (Å²) in [6.45, 7) is 5.38. The number of nitrogens with zero attached hydrogens (tertiary/aromatic N) is 1. The summed E-state index contributed by atoms with van der Waals surface area (Å²) in [5.41, 5.74) is 1.22. The summed E-state index contributed by atoms with van der Waals surface area (Å²) in [5.74, 6) is 0.610. The van der Waals surface area contributed by atoms with Crippen LogP contribution in [0.3, 0.4) is 0 Å². The third kappa shape index (κ3) is 2.92. The van der Waals surface area contributed by atoms with E-state index in [-0.39, 0.29) is 6.04 Å². The van der Waals surface area contributed by atoms with Crippen LogP contribution in [0.1, 0.15) is 19.3 Å². The Labute approximate surface area is 109 Å². The van der Waals surface area contributed by atoms with Crippen molar-refractivity contribution in [3.63, 3.8) is 0 Å². The lowest BCUT2D eigenvalue weighted by molar-refractivity contribution is 0.523. The summed E-state index contributed by atoms with van der Waals surface area (Å²) in [4.78, 5) is 2.34. The van der Waals surface area contributed by atoms with Crippen molar-refractivity contribution < 1.29 is 0 Å². The van der Waals surface area contributed by atoms with Crippen molar-refractivity contribution in [1.29, 1.82) is 5.41 Å². The van der Waals surface area contributed by atoms with Crippen LogP contribution in [0.15, 0.2) is 43.0 Å². The maximum Gasteiger partial charge on any atom is 0.117 e. The van der Waals surface area contributed by atoms with Crippen molar-refractivity contribution in [2.45, 2.75) is 25.3 Å². The zero-order valence-corrected chi connectivity index (χ0v) is 10.7. The molecule has 1 aromatic rings. The number of amidine groups is 1. The molecule has 3 nitrogen and oxygen atoms in total. The molecule has 1 aliphatic rings. The highest BCUT2D eigenvalue weighted by atomic mass is 15.2. The standard InChI is InChI=1S/C15H21N3/c1-2-11-17-15(16)14-10-6-7-12-18(14)13-8-4-3-5-9-13/h2-5,8-9,14H,1,6-7,10-12H2,(H2,16,17). The highest BCUT2D eigenvalue weighted by Crippen LogP contribution is 2.24. The first-order chi connectivity index (χ1) is 8.83. The van der Waals surface area contributed by atoms with Gasteiger partial charge in [-0.2, -0.15) is 0 Å². The SMILES string of the molecule is C=CCNC(=N)C1CCCCN1c1ccccc1. The van der Waals surface area contributed by atoms with E-state index in [0.717, 1.165) is 13.0 Å². The van der Waals surface area contributed by atoms with Gasteiger partial charge in [0.25, 0.3) is 0 Å². The zero-order valence-electron chi connectivity index (χ0n) is 10.7. The fourth-order valence-corrected chi connectivity index (χ4v) is 2.46. The van der Waals surface area contributed by atoms with Gasteiger partial charge in [-0.05, 0) is 31.4 Å². The number of rotatable bonds is 4. The molecule has 1 unspecified atom stereocenters. The summed E-state index contributed by atoms with van der Waals surface area (Å²) in [7, 11) is 0. The fourth-order valence-electron chi connectivity index (χ4n) is 2.46. The molecule has 18 heavy (non-hydrogen) atoms. The molecule has 0 radical (unpaired) electrons. The van der Waals surface area contributed by atoms with E-state index in [4.69, 9.17) is 5.41 Å². The Balaban J connectivity index is 2.11. The molecule has 1 fully saturated rings. The van der Waals surface area contributed by atoms with Crippen molar-refractivity contribution in [2.75, 3.05) is 18.0 Å². The van der Waals surface area contributed by atoms with Crippen LogP contribution < -0.4 is 10.2 Å². The average molecular weight is 243 g/mol. The van der Waals surface area contributed by atoms with Crippen LogP contribution in [0.25, 0.3) is 0 Å². The Bertz CT molecular complexity index is 399. The molecule has 1 heterocycles. The Morgan fingerprint density at radius 3 is 2.89 bits per heavy atom. The maximum atomic E-state index is 8.17. The predicted octanol–water partition coefficient (Wildman–Crippen LogP) is 2.80. The molecular weight excluding hydrogens is 222 g/mol. The average Bonchev–Trinajstić information content (AvgIpc) is 2.45. The monoisotopic (exact) mass is 243 g/mol. The summed E-state index contributed by atoms with van der Waals surface area (Å²) >= 11 is 0. The van der Waals surface area contributed by atoms with Crippen molar-refractivity contribution >= 4 is 11.5 Å². The molecule has 0 spiro atoms. The predicted molar refractivity (Wildman–Crippen MR) is 77.4 cm³/mol. The number of para-hydroxylation sites is 1. The highest BCUT2D eigenvalue weighted by molar-refractivity contribution is 5.88. The molecule has 1 aromatic carbocycles. The molecule has 0 bridgehead atoms. The van der Waals surface area contributed by atoms with Gasteiger partial charge in [0.1, 0.15) is 5.84 Å². The second-order valence-corrected chi connectivity index (χ2v) is 4.62.